The molecule has 0 bridgehead atoms. The Morgan fingerprint density at radius 3 is 2.16 bits per heavy atom. The summed E-state index contributed by atoms with van der Waals surface area (Å²) in [5.74, 6) is 0.761. The van der Waals surface area contributed by atoms with E-state index >= 15 is 0 Å². The van der Waals surface area contributed by atoms with Gasteiger partial charge in [0.1, 0.15) is 5.75 Å². The van der Waals surface area contributed by atoms with Gasteiger partial charge in [-0.25, -0.2) is 0 Å². The van der Waals surface area contributed by atoms with Gasteiger partial charge in [-0.3, -0.25) is 0 Å². The lowest BCUT2D eigenvalue weighted by molar-refractivity contribution is 0.412. The summed E-state index contributed by atoms with van der Waals surface area (Å²) >= 11 is 21.9. The third-order valence-corrected chi connectivity index (χ3v) is 4.21. The van der Waals surface area contributed by atoms with Crippen LogP contribution in [-0.4, -0.2) is 7.11 Å². The second kappa shape index (κ2) is 6.36. The summed E-state index contributed by atoms with van der Waals surface area (Å²) in [6, 6.07) is 11.0. The van der Waals surface area contributed by atoms with Crippen molar-refractivity contribution in [1.29, 1.82) is 0 Å². The maximum Gasteiger partial charge on any atom is 0.133 e. The van der Waals surface area contributed by atoms with Crippen LogP contribution in [0, 0.1) is 0 Å². The van der Waals surface area contributed by atoms with Crippen molar-refractivity contribution in [3.8, 4) is 5.75 Å². The predicted octanol–water partition coefficient (Wildman–Crippen LogP) is 6.09. The van der Waals surface area contributed by atoms with Crippen LogP contribution in [0.15, 0.2) is 40.9 Å². The molecule has 1 atom stereocenters. The van der Waals surface area contributed by atoms with Crippen molar-refractivity contribution in [3.63, 3.8) is 0 Å². The SMILES string of the molecule is COc1ccc(C(Cl)c2cc(Cl)cc(Cl)c2)cc1Br. The summed E-state index contributed by atoms with van der Waals surface area (Å²) in [6.07, 6.45) is 0. The zero-order valence-corrected chi connectivity index (χ0v) is 13.8. The zero-order valence-electron chi connectivity index (χ0n) is 9.96. The second-order valence-electron chi connectivity index (χ2n) is 3.96. The molecule has 2 aromatic rings. The van der Waals surface area contributed by atoms with E-state index in [2.05, 4.69) is 15.9 Å². The number of alkyl halides is 1. The van der Waals surface area contributed by atoms with Crippen molar-refractivity contribution in [2.75, 3.05) is 7.11 Å². The first-order valence-corrected chi connectivity index (χ1v) is 7.43. The summed E-state index contributed by atoms with van der Waals surface area (Å²) < 4.78 is 6.04. The van der Waals surface area contributed by atoms with Crippen molar-refractivity contribution in [3.05, 3.63) is 62.0 Å². The molecule has 1 nitrogen and oxygen atoms in total. The molecule has 0 saturated carbocycles. The van der Waals surface area contributed by atoms with Crippen LogP contribution >= 0.6 is 50.7 Å². The number of hydrogen-bond donors (Lipinski definition) is 0. The molecule has 0 amide bonds. The Morgan fingerprint density at radius 1 is 1.00 bits per heavy atom. The van der Waals surface area contributed by atoms with Gasteiger partial charge in [-0.05, 0) is 57.4 Å². The summed E-state index contributed by atoms with van der Waals surface area (Å²) in [4.78, 5) is 0. The molecule has 19 heavy (non-hydrogen) atoms. The minimum absolute atomic E-state index is 0.321. The van der Waals surface area contributed by atoms with E-state index in [1.165, 1.54) is 0 Å². The highest BCUT2D eigenvalue weighted by atomic mass is 79.9. The van der Waals surface area contributed by atoms with E-state index in [0.29, 0.717) is 10.0 Å². The number of hydrogen-bond acceptors (Lipinski definition) is 1. The van der Waals surface area contributed by atoms with Gasteiger partial charge in [-0.1, -0.05) is 29.3 Å². The fourth-order valence-corrected chi connectivity index (χ4v) is 3.12. The van der Waals surface area contributed by atoms with Crippen molar-refractivity contribution >= 4 is 50.7 Å². The Kier molecular flexibility index (Phi) is 5.02. The number of halogens is 4. The zero-order chi connectivity index (χ0) is 14.0. The van der Waals surface area contributed by atoms with Crippen LogP contribution in [0.2, 0.25) is 10.0 Å². The lowest BCUT2D eigenvalue weighted by atomic mass is 10.0. The van der Waals surface area contributed by atoms with Gasteiger partial charge in [0.05, 0.1) is 17.0 Å². The Balaban J connectivity index is 2.38. The first-order valence-electron chi connectivity index (χ1n) is 5.44. The van der Waals surface area contributed by atoms with Crippen LogP contribution < -0.4 is 4.74 Å². The van der Waals surface area contributed by atoms with Gasteiger partial charge in [0.15, 0.2) is 0 Å². The average molecular weight is 380 g/mol. The summed E-state index contributed by atoms with van der Waals surface area (Å²) in [5.41, 5.74) is 1.80. The van der Waals surface area contributed by atoms with E-state index in [1.54, 1.807) is 13.2 Å². The third kappa shape index (κ3) is 3.57. The van der Waals surface area contributed by atoms with Crippen molar-refractivity contribution in [2.24, 2.45) is 0 Å². The van der Waals surface area contributed by atoms with E-state index in [9.17, 15) is 0 Å². The van der Waals surface area contributed by atoms with E-state index in [-0.39, 0.29) is 5.38 Å². The lowest BCUT2D eigenvalue weighted by Gasteiger charge is -2.13. The molecule has 2 aromatic carbocycles. The molecule has 0 radical (unpaired) electrons. The molecule has 0 N–H and O–H groups in total. The fourth-order valence-electron chi connectivity index (χ4n) is 1.75. The molecule has 0 spiro atoms. The molecule has 2 rings (SSSR count). The Morgan fingerprint density at radius 2 is 1.63 bits per heavy atom. The molecule has 0 fully saturated rings. The highest BCUT2D eigenvalue weighted by Gasteiger charge is 2.14. The molecule has 5 heteroatoms. The molecule has 0 aliphatic rings. The van der Waals surface area contributed by atoms with Gasteiger partial charge in [-0.2, -0.15) is 0 Å². The van der Waals surface area contributed by atoms with Gasteiger partial charge in [-0.15, -0.1) is 11.6 Å². The molecule has 0 heterocycles. The van der Waals surface area contributed by atoms with Crippen LogP contribution in [0.25, 0.3) is 0 Å². The number of benzene rings is 2. The standard InChI is InChI=1S/C14H10BrCl3O/c1-19-13-3-2-8(6-12(13)15)14(18)9-4-10(16)7-11(17)5-9/h2-7,14H,1H3. The maximum atomic E-state index is 6.46. The third-order valence-electron chi connectivity index (χ3n) is 2.65. The summed E-state index contributed by atoms with van der Waals surface area (Å²) in [7, 11) is 1.62. The van der Waals surface area contributed by atoms with Gasteiger partial charge >= 0.3 is 0 Å². The number of methoxy groups -OCH3 is 1. The number of ether oxygens (including phenoxy) is 1. The molecular weight excluding hydrogens is 370 g/mol. The Hall–Kier alpha value is -0.410. The van der Waals surface area contributed by atoms with E-state index in [4.69, 9.17) is 39.5 Å². The Labute approximate surface area is 135 Å². The molecule has 1 unspecified atom stereocenters. The normalized spacial score (nSPS) is 12.3. The molecule has 0 saturated heterocycles. The highest BCUT2D eigenvalue weighted by Crippen LogP contribution is 2.35. The van der Waals surface area contributed by atoms with Gasteiger partial charge in [0, 0.05) is 10.0 Å². The molecule has 0 aliphatic carbocycles. The van der Waals surface area contributed by atoms with Crippen LogP contribution in [0.1, 0.15) is 16.5 Å². The second-order valence-corrected chi connectivity index (χ2v) is 6.12. The monoisotopic (exact) mass is 378 g/mol. The van der Waals surface area contributed by atoms with Crippen LogP contribution in [0.4, 0.5) is 0 Å². The van der Waals surface area contributed by atoms with E-state index < -0.39 is 0 Å². The topological polar surface area (TPSA) is 9.23 Å². The average Bonchev–Trinajstić information content (AvgIpc) is 2.36. The van der Waals surface area contributed by atoms with Crippen molar-refractivity contribution in [1.82, 2.24) is 0 Å². The van der Waals surface area contributed by atoms with Crippen molar-refractivity contribution < 1.29 is 4.74 Å². The van der Waals surface area contributed by atoms with E-state index in [0.717, 1.165) is 21.3 Å². The van der Waals surface area contributed by atoms with Gasteiger partial charge in [0.2, 0.25) is 0 Å². The first-order chi connectivity index (χ1) is 9.01. The quantitative estimate of drug-likeness (QED) is 0.585. The summed E-state index contributed by atoms with van der Waals surface area (Å²) in [6.45, 7) is 0. The molecule has 100 valence electrons. The largest absolute Gasteiger partial charge is 0.496 e. The Bertz CT molecular complexity index is 581. The highest BCUT2D eigenvalue weighted by molar-refractivity contribution is 9.10. The minimum Gasteiger partial charge on any atom is -0.496 e. The first kappa shape index (κ1) is 15.0. The number of rotatable bonds is 3. The maximum absolute atomic E-state index is 6.46. The smallest absolute Gasteiger partial charge is 0.133 e. The van der Waals surface area contributed by atoms with Crippen LogP contribution in [0.3, 0.4) is 0 Å². The van der Waals surface area contributed by atoms with Gasteiger partial charge in [0.25, 0.3) is 0 Å². The van der Waals surface area contributed by atoms with E-state index in [1.807, 2.05) is 30.3 Å². The predicted molar refractivity (Wildman–Crippen MR) is 84.9 cm³/mol. The van der Waals surface area contributed by atoms with Crippen molar-refractivity contribution in [2.45, 2.75) is 5.38 Å². The van der Waals surface area contributed by atoms with Gasteiger partial charge < -0.3 is 4.74 Å². The minimum atomic E-state index is -0.321. The molecule has 0 aliphatic heterocycles. The lowest BCUT2D eigenvalue weighted by Crippen LogP contribution is -1.95. The molecular formula is C14H10BrCl3O. The van der Waals surface area contributed by atoms with Crippen LogP contribution in [0.5, 0.6) is 5.75 Å². The fraction of sp³-hybridized carbons (Fsp3) is 0.143. The molecule has 0 aromatic heterocycles. The summed E-state index contributed by atoms with van der Waals surface area (Å²) in [5, 5.41) is 0.819. The van der Waals surface area contributed by atoms with Crippen LogP contribution in [-0.2, 0) is 0 Å².